The molecule has 152 valence electrons. The van der Waals surface area contributed by atoms with Crippen LogP contribution in [0.1, 0.15) is 20.7 Å². The lowest BCUT2D eigenvalue weighted by molar-refractivity contribution is 0.0696. The third kappa shape index (κ3) is 6.20. The van der Waals surface area contributed by atoms with E-state index in [4.69, 9.17) is 30.8 Å². The molecule has 0 bridgehead atoms. The summed E-state index contributed by atoms with van der Waals surface area (Å²) in [6.07, 6.45) is 0. The molecule has 0 unspecified atom stereocenters. The highest BCUT2D eigenvalue weighted by molar-refractivity contribution is 7.86. The standard InChI is InChI=1S/C8H6O7S.C6H8N2O3S/c9-7(10)4-1-5(8(11)12)3-6(2-4)16(13,14)15;7-4-1-2-6(5(8)3-4)12(9,10)11/h1-3H,(H,9,10)(H,11,12)(H,13,14,15);1-3H,7-8H2,(H,9,10,11). The summed E-state index contributed by atoms with van der Waals surface area (Å²) >= 11 is 0. The number of benzene rings is 2. The molecule has 0 aromatic heterocycles. The average Bonchev–Trinajstić information content (AvgIpc) is 2.52. The van der Waals surface area contributed by atoms with Gasteiger partial charge >= 0.3 is 11.9 Å². The number of hydrogen-bond donors (Lipinski definition) is 6. The molecule has 12 nitrogen and oxygen atoms in total. The van der Waals surface area contributed by atoms with Crippen molar-refractivity contribution in [1.29, 1.82) is 0 Å². The van der Waals surface area contributed by atoms with Crippen LogP contribution in [0, 0.1) is 0 Å². The van der Waals surface area contributed by atoms with Gasteiger partial charge in [0.05, 0.1) is 21.7 Å². The third-order valence-electron chi connectivity index (χ3n) is 3.01. The van der Waals surface area contributed by atoms with Crippen LogP contribution in [0.3, 0.4) is 0 Å². The molecule has 2 aromatic rings. The van der Waals surface area contributed by atoms with Gasteiger partial charge in [0.1, 0.15) is 4.90 Å². The van der Waals surface area contributed by atoms with Crippen molar-refractivity contribution in [3.05, 3.63) is 47.5 Å². The van der Waals surface area contributed by atoms with Gasteiger partial charge in [-0.15, -0.1) is 0 Å². The molecule has 0 aliphatic carbocycles. The van der Waals surface area contributed by atoms with Crippen molar-refractivity contribution in [2.24, 2.45) is 0 Å². The smallest absolute Gasteiger partial charge is 0.335 e. The zero-order chi connectivity index (χ0) is 21.9. The van der Waals surface area contributed by atoms with Gasteiger partial charge < -0.3 is 21.7 Å². The molecule has 14 heteroatoms. The van der Waals surface area contributed by atoms with Crippen LogP contribution >= 0.6 is 0 Å². The molecule has 28 heavy (non-hydrogen) atoms. The van der Waals surface area contributed by atoms with Crippen LogP contribution < -0.4 is 11.5 Å². The highest BCUT2D eigenvalue weighted by Crippen LogP contribution is 2.20. The SMILES string of the molecule is Nc1ccc(S(=O)(=O)O)c(N)c1.O=C(O)c1cc(C(=O)O)cc(S(=O)(=O)O)c1. The minimum atomic E-state index is -4.64. The first-order chi connectivity index (χ1) is 12.6. The third-order valence-corrected chi connectivity index (χ3v) is 4.77. The Bertz CT molecular complexity index is 1110. The van der Waals surface area contributed by atoms with Gasteiger partial charge in [0, 0.05) is 5.69 Å². The van der Waals surface area contributed by atoms with Gasteiger partial charge in [0.15, 0.2) is 0 Å². The Morgan fingerprint density at radius 1 is 0.750 bits per heavy atom. The zero-order valence-corrected chi connectivity index (χ0v) is 15.3. The summed E-state index contributed by atoms with van der Waals surface area (Å²) < 4.78 is 60.0. The van der Waals surface area contributed by atoms with E-state index in [1.165, 1.54) is 12.1 Å². The predicted molar refractivity (Wildman–Crippen MR) is 95.3 cm³/mol. The number of rotatable bonds is 4. The van der Waals surface area contributed by atoms with Crippen LogP contribution in [0.15, 0.2) is 46.2 Å². The Morgan fingerprint density at radius 2 is 1.21 bits per heavy atom. The second kappa shape index (κ2) is 8.22. The zero-order valence-electron chi connectivity index (χ0n) is 13.7. The molecule has 0 saturated carbocycles. The number of nitrogen functional groups attached to an aromatic ring is 2. The van der Waals surface area contributed by atoms with E-state index in [1.54, 1.807) is 0 Å². The number of carbonyl (C=O) groups is 2. The fourth-order valence-corrected chi connectivity index (χ4v) is 2.95. The molecule has 0 fully saturated rings. The summed E-state index contributed by atoms with van der Waals surface area (Å²) in [4.78, 5) is 20.1. The number of anilines is 2. The Morgan fingerprint density at radius 3 is 1.54 bits per heavy atom. The van der Waals surface area contributed by atoms with Crippen LogP contribution in [-0.2, 0) is 20.2 Å². The highest BCUT2D eigenvalue weighted by atomic mass is 32.2. The van der Waals surface area contributed by atoms with Crippen molar-refractivity contribution in [1.82, 2.24) is 0 Å². The van der Waals surface area contributed by atoms with Gasteiger partial charge in [-0.05, 0) is 36.4 Å². The molecule has 8 N–H and O–H groups in total. The number of carboxylic acids is 2. The van der Waals surface area contributed by atoms with E-state index >= 15 is 0 Å². The van der Waals surface area contributed by atoms with Crippen molar-refractivity contribution in [3.8, 4) is 0 Å². The summed E-state index contributed by atoms with van der Waals surface area (Å²) in [7, 11) is -8.87. The first-order valence-corrected chi connectivity index (χ1v) is 9.72. The fraction of sp³-hybridized carbons (Fsp3) is 0. The van der Waals surface area contributed by atoms with Crippen molar-refractivity contribution in [2.75, 3.05) is 11.5 Å². The molecule has 0 radical (unpaired) electrons. The van der Waals surface area contributed by atoms with E-state index in [2.05, 4.69) is 0 Å². The number of hydrogen-bond acceptors (Lipinski definition) is 8. The van der Waals surface area contributed by atoms with Crippen LogP contribution in [0.4, 0.5) is 11.4 Å². The van der Waals surface area contributed by atoms with Gasteiger partial charge in [-0.25, -0.2) is 9.59 Å². The van der Waals surface area contributed by atoms with Gasteiger partial charge in [-0.3, -0.25) is 9.11 Å². The first kappa shape index (κ1) is 22.8. The summed E-state index contributed by atoms with van der Waals surface area (Å²) in [6, 6.07) is 5.90. The Labute approximate surface area is 158 Å². The van der Waals surface area contributed by atoms with Crippen molar-refractivity contribution >= 4 is 43.5 Å². The topological polar surface area (TPSA) is 235 Å². The summed E-state index contributed by atoms with van der Waals surface area (Å²) in [5.74, 6) is -2.99. The monoisotopic (exact) mass is 434 g/mol. The largest absolute Gasteiger partial charge is 0.478 e. The molecule has 0 atom stereocenters. The van der Waals surface area contributed by atoms with E-state index < -0.39 is 48.2 Å². The maximum absolute atomic E-state index is 10.8. The van der Waals surface area contributed by atoms with Crippen LogP contribution in [0.2, 0.25) is 0 Å². The van der Waals surface area contributed by atoms with Crippen molar-refractivity contribution in [3.63, 3.8) is 0 Å². The van der Waals surface area contributed by atoms with Gasteiger partial charge in [-0.2, -0.15) is 16.8 Å². The van der Waals surface area contributed by atoms with Gasteiger partial charge in [0.2, 0.25) is 0 Å². The normalized spacial score (nSPS) is 11.2. The number of nitrogens with two attached hydrogens (primary N) is 2. The molecule has 0 amide bonds. The maximum atomic E-state index is 10.8. The summed E-state index contributed by atoms with van der Waals surface area (Å²) in [5.41, 5.74) is 9.82. The Balaban J connectivity index is 0.000000292. The fourth-order valence-electron chi connectivity index (χ4n) is 1.80. The molecule has 0 spiro atoms. The molecule has 0 saturated heterocycles. The molecule has 0 heterocycles. The average molecular weight is 434 g/mol. The second-order valence-corrected chi connectivity index (χ2v) is 7.92. The van der Waals surface area contributed by atoms with E-state index in [-0.39, 0.29) is 10.6 Å². The van der Waals surface area contributed by atoms with Gasteiger partial charge in [-0.1, -0.05) is 0 Å². The molecule has 2 rings (SSSR count). The minimum Gasteiger partial charge on any atom is -0.478 e. The predicted octanol–water partition coefficient (Wildman–Crippen LogP) is 0.427. The summed E-state index contributed by atoms with van der Waals surface area (Å²) in [5, 5.41) is 17.2. The molecular weight excluding hydrogens is 420 g/mol. The Kier molecular flexibility index (Phi) is 6.70. The van der Waals surface area contributed by atoms with Crippen LogP contribution in [0.25, 0.3) is 0 Å². The van der Waals surface area contributed by atoms with E-state index in [9.17, 15) is 26.4 Å². The Hall–Kier alpha value is -3.20. The minimum absolute atomic E-state index is 0.0579. The van der Waals surface area contributed by atoms with E-state index in [1.807, 2.05) is 0 Å². The van der Waals surface area contributed by atoms with Crippen molar-refractivity contribution < 1.29 is 45.7 Å². The van der Waals surface area contributed by atoms with Crippen molar-refractivity contribution in [2.45, 2.75) is 9.79 Å². The number of aromatic carboxylic acids is 2. The first-order valence-electron chi connectivity index (χ1n) is 6.84. The molecular formula is C14H14N2O10S2. The molecule has 2 aromatic carbocycles. The van der Waals surface area contributed by atoms with E-state index in [0.29, 0.717) is 17.8 Å². The lowest BCUT2D eigenvalue weighted by Crippen LogP contribution is -2.07. The van der Waals surface area contributed by atoms with Gasteiger partial charge in [0.25, 0.3) is 20.2 Å². The quantitative estimate of drug-likeness (QED) is 0.284. The molecule has 0 aliphatic rings. The highest BCUT2D eigenvalue weighted by Gasteiger charge is 2.17. The summed E-state index contributed by atoms with van der Waals surface area (Å²) in [6.45, 7) is 0. The van der Waals surface area contributed by atoms with Crippen LogP contribution in [0.5, 0.6) is 0 Å². The molecule has 0 aliphatic heterocycles. The van der Waals surface area contributed by atoms with Crippen LogP contribution in [-0.4, -0.2) is 48.1 Å². The lowest BCUT2D eigenvalue weighted by atomic mass is 10.1. The van der Waals surface area contributed by atoms with E-state index in [0.717, 1.165) is 12.1 Å². The lowest BCUT2D eigenvalue weighted by Gasteiger charge is -2.02. The maximum Gasteiger partial charge on any atom is 0.335 e. The number of carboxylic acid groups (broad SMARTS) is 2. The second-order valence-electron chi connectivity index (χ2n) is 5.10.